The number of nitro groups is 1. The Morgan fingerprint density at radius 3 is 2.52 bits per heavy atom. The van der Waals surface area contributed by atoms with E-state index >= 15 is 0 Å². The van der Waals surface area contributed by atoms with E-state index in [-0.39, 0.29) is 16.3 Å². The standard InChI is InChI=1S/C17H16ClN3O4/c1-10-5-3-4-6-14(10)20-16(22)11(2)19-17(23)12-7-8-13(18)15(9-12)21(24)25/h3-9,11H,1-2H3,(H,19,23)(H,20,22)/t11-/m0/s1. The maximum atomic E-state index is 12.2. The van der Waals surface area contributed by atoms with Crippen molar-refractivity contribution in [1.29, 1.82) is 0 Å². The zero-order valence-electron chi connectivity index (χ0n) is 13.6. The van der Waals surface area contributed by atoms with Gasteiger partial charge in [-0.2, -0.15) is 0 Å². The zero-order chi connectivity index (χ0) is 18.6. The first-order chi connectivity index (χ1) is 11.8. The highest BCUT2D eigenvalue weighted by atomic mass is 35.5. The monoisotopic (exact) mass is 361 g/mol. The largest absolute Gasteiger partial charge is 0.341 e. The van der Waals surface area contributed by atoms with Crippen molar-refractivity contribution < 1.29 is 14.5 Å². The highest BCUT2D eigenvalue weighted by Crippen LogP contribution is 2.25. The molecule has 2 amide bonds. The van der Waals surface area contributed by atoms with Crippen LogP contribution in [0.3, 0.4) is 0 Å². The number of rotatable bonds is 5. The topological polar surface area (TPSA) is 101 Å². The van der Waals surface area contributed by atoms with Crippen LogP contribution in [0.4, 0.5) is 11.4 Å². The van der Waals surface area contributed by atoms with Crippen molar-refractivity contribution >= 4 is 34.8 Å². The summed E-state index contributed by atoms with van der Waals surface area (Å²) in [7, 11) is 0. The number of benzene rings is 2. The van der Waals surface area contributed by atoms with E-state index in [4.69, 9.17) is 11.6 Å². The predicted molar refractivity (Wildman–Crippen MR) is 94.8 cm³/mol. The van der Waals surface area contributed by atoms with Crippen LogP contribution in [0.2, 0.25) is 5.02 Å². The molecule has 2 N–H and O–H groups in total. The minimum absolute atomic E-state index is 0.0478. The Morgan fingerprint density at radius 1 is 1.20 bits per heavy atom. The Bertz CT molecular complexity index is 838. The number of hydrogen-bond donors (Lipinski definition) is 2. The lowest BCUT2D eigenvalue weighted by molar-refractivity contribution is -0.384. The second-order valence-electron chi connectivity index (χ2n) is 5.42. The molecule has 130 valence electrons. The summed E-state index contributed by atoms with van der Waals surface area (Å²) in [5.41, 5.74) is 1.22. The summed E-state index contributed by atoms with van der Waals surface area (Å²) in [5, 5.41) is 16.1. The van der Waals surface area contributed by atoms with Crippen LogP contribution < -0.4 is 10.6 Å². The van der Waals surface area contributed by atoms with Crippen LogP contribution in [0.5, 0.6) is 0 Å². The molecule has 0 saturated heterocycles. The summed E-state index contributed by atoms with van der Waals surface area (Å²) in [6, 6.07) is 10.1. The summed E-state index contributed by atoms with van der Waals surface area (Å²) >= 11 is 5.72. The molecule has 2 aromatic rings. The van der Waals surface area contributed by atoms with Gasteiger partial charge < -0.3 is 10.6 Å². The molecule has 0 spiro atoms. The summed E-state index contributed by atoms with van der Waals surface area (Å²) < 4.78 is 0. The highest BCUT2D eigenvalue weighted by molar-refractivity contribution is 6.32. The number of nitrogens with zero attached hydrogens (tertiary/aromatic N) is 1. The van der Waals surface area contributed by atoms with Crippen molar-refractivity contribution in [3.63, 3.8) is 0 Å². The predicted octanol–water partition coefficient (Wildman–Crippen LogP) is 3.31. The summed E-state index contributed by atoms with van der Waals surface area (Å²) in [4.78, 5) is 34.6. The first kappa shape index (κ1) is 18.4. The highest BCUT2D eigenvalue weighted by Gasteiger charge is 2.20. The van der Waals surface area contributed by atoms with Gasteiger partial charge in [0.25, 0.3) is 11.6 Å². The first-order valence-electron chi connectivity index (χ1n) is 7.41. The minimum Gasteiger partial charge on any atom is -0.341 e. The van der Waals surface area contributed by atoms with Crippen LogP contribution in [-0.4, -0.2) is 22.8 Å². The van der Waals surface area contributed by atoms with Crippen LogP contribution in [0, 0.1) is 17.0 Å². The fourth-order valence-corrected chi connectivity index (χ4v) is 2.28. The van der Waals surface area contributed by atoms with Crippen molar-refractivity contribution in [2.45, 2.75) is 19.9 Å². The van der Waals surface area contributed by atoms with E-state index in [1.165, 1.54) is 19.1 Å². The molecule has 0 saturated carbocycles. The number of nitro benzene ring substituents is 1. The van der Waals surface area contributed by atoms with Crippen LogP contribution in [0.25, 0.3) is 0 Å². The number of para-hydroxylation sites is 1. The second-order valence-corrected chi connectivity index (χ2v) is 5.83. The van der Waals surface area contributed by atoms with E-state index in [0.29, 0.717) is 5.69 Å². The first-order valence-corrected chi connectivity index (χ1v) is 7.78. The van der Waals surface area contributed by atoms with Crippen LogP contribution in [-0.2, 0) is 4.79 Å². The molecule has 0 aliphatic carbocycles. The molecule has 2 rings (SSSR count). The van der Waals surface area contributed by atoms with Crippen molar-refractivity contribution in [3.8, 4) is 0 Å². The zero-order valence-corrected chi connectivity index (χ0v) is 14.3. The van der Waals surface area contributed by atoms with E-state index < -0.39 is 22.8 Å². The lowest BCUT2D eigenvalue weighted by Gasteiger charge is -2.15. The minimum atomic E-state index is -0.832. The van der Waals surface area contributed by atoms with Gasteiger partial charge in [0.05, 0.1) is 4.92 Å². The van der Waals surface area contributed by atoms with Crippen LogP contribution in [0.1, 0.15) is 22.8 Å². The Hall–Kier alpha value is -2.93. The Balaban J connectivity index is 2.07. The molecule has 1 atom stereocenters. The average Bonchev–Trinajstić information content (AvgIpc) is 2.56. The van der Waals surface area contributed by atoms with E-state index in [1.807, 2.05) is 19.1 Å². The number of carbonyl (C=O) groups is 2. The van der Waals surface area contributed by atoms with Crippen molar-refractivity contribution in [3.05, 3.63) is 68.7 Å². The quantitative estimate of drug-likeness (QED) is 0.630. The summed E-state index contributed by atoms with van der Waals surface area (Å²) in [6.45, 7) is 3.38. The molecule has 0 heterocycles. The van der Waals surface area contributed by atoms with Crippen molar-refractivity contribution in [2.24, 2.45) is 0 Å². The van der Waals surface area contributed by atoms with E-state index in [1.54, 1.807) is 12.1 Å². The number of amides is 2. The molecule has 0 aliphatic heterocycles. The second kappa shape index (κ2) is 7.76. The molecule has 0 fully saturated rings. The number of anilines is 1. The van der Waals surface area contributed by atoms with Gasteiger partial charge in [0.15, 0.2) is 0 Å². The fraction of sp³-hybridized carbons (Fsp3) is 0.176. The van der Waals surface area contributed by atoms with Gasteiger partial charge >= 0.3 is 0 Å². The number of nitrogens with one attached hydrogen (secondary N) is 2. The number of hydrogen-bond acceptors (Lipinski definition) is 4. The SMILES string of the molecule is Cc1ccccc1NC(=O)[C@H](C)NC(=O)c1ccc(Cl)c([N+](=O)[O-])c1. The molecule has 0 unspecified atom stereocenters. The molecule has 0 radical (unpaired) electrons. The van der Waals surface area contributed by atoms with Gasteiger partial charge in [-0.3, -0.25) is 19.7 Å². The van der Waals surface area contributed by atoms with Gasteiger partial charge in [-0.25, -0.2) is 0 Å². The molecular weight excluding hydrogens is 346 g/mol. The molecular formula is C17H16ClN3O4. The fourth-order valence-electron chi connectivity index (χ4n) is 2.09. The molecule has 2 aromatic carbocycles. The Morgan fingerprint density at radius 2 is 1.88 bits per heavy atom. The van der Waals surface area contributed by atoms with Crippen molar-refractivity contribution in [1.82, 2.24) is 5.32 Å². The maximum Gasteiger partial charge on any atom is 0.288 e. The van der Waals surface area contributed by atoms with Crippen LogP contribution in [0.15, 0.2) is 42.5 Å². The lowest BCUT2D eigenvalue weighted by Crippen LogP contribution is -2.41. The number of aryl methyl sites for hydroxylation is 1. The lowest BCUT2D eigenvalue weighted by atomic mass is 10.1. The third-order valence-electron chi connectivity index (χ3n) is 3.55. The van der Waals surface area contributed by atoms with Crippen molar-refractivity contribution in [2.75, 3.05) is 5.32 Å². The number of carbonyl (C=O) groups excluding carboxylic acids is 2. The molecule has 0 bridgehead atoms. The van der Waals surface area contributed by atoms with Gasteiger partial charge in [-0.05, 0) is 37.6 Å². The molecule has 8 heteroatoms. The summed E-state index contributed by atoms with van der Waals surface area (Å²) in [5.74, 6) is -1.00. The van der Waals surface area contributed by atoms with Gasteiger partial charge in [0.1, 0.15) is 11.1 Å². The molecule has 7 nitrogen and oxygen atoms in total. The third-order valence-corrected chi connectivity index (χ3v) is 3.87. The van der Waals surface area contributed by atoms with Gasteiger partial charge in [-0.1, -0.05) is 29.8 Å². The van der Waals surface area contributed by atoms with Gasteiger partial charge in [0.2, 0.25) is 5.91 Å². The molecule has 0 aliphatic rings. The molecule has 0 aromatic heterocycles. The van der Waals surface area contributed by atoms with Gasteiger partial charge in [-0.15, -0.1) is 0 Å². The molecule has 25 heavy (non-hydrogen) atoms. The number of halogens is 1. The maximum absolute atomic E-state index is 12.2. The third kappa shape index (κ3) is 4.54. The summed E-state index contributed by atoms with van der Waals surface area (Å²) in [6.07, 6.45) is 0. The Labute approximate surface area is 149 Å². The Kier molecular flexibility index (Phi) is 5.71. The van der Waals surface area contributed by atoms with Gasteiger partial charge in [0, 0.05) is 17.3 Å². The average molecular weight is 362 g/mol. The smallest absolute Gasteiger partial charge is 0.288 e. The van der Waals surface area contributed by atoms with E-state index in [2.05, 4.69) is 10.6 Å². The van der Waals surface area contributed by atoms with Crippen LogP contribution >= 0.6 is 11.6 Å². The van der Waals surface area contributed by atoms with E-state index in [0.717, 1.165) is 11.6 Å². The normalized spacial score (nSPS) is 11.5. The van der Waals surface area contributed by atoms with E-state index in [9.17, 15) is 19.7 Å².